The highest BCUT2D eigenvalue weighted by atomic mass is 32.2. The van der Waals surface area contributed by atoms with Crippen molar-refractivity contribution >= 4 is 21.6 Å². The van der Waals surface area contributed by atoms with Gasteiger partial charge in [-0.2, -0.15) is 5.10 Å². The normalized spacial score (nSPS) is 15.5. The maximum Gasteiger partial charge on any atom is 0.272 e. The molecule has 0 bridgehead atoms. The van der Waals surface area contributed by atoms with Gasteiger partial charge in [-0.25, -0.2) is 8.42 Å². The first-order valence-electron chi connectivity index (χ1n) is 12.1. The topological polar surface area (TPSA) is 75.5 Å². The van der Waals surface area contributed by atoms with Crippen LogP contribution in [0, 0.1) is 19.3 Å². The monoisotopic (exact) mass is 504 g/mol. The van der Waals surface area contributed by atoms with Crippen molar-refractivity contribution in [1.29, 1.82) is 0 Å². The molecule has 36 heavy (non-hydrogen) atoms. The molecular formula is C28H32N4O3S. The van der Waals surface area contributed by atoms with E-state index in [-0.39, 0.29) is 11.9 Å². The summed E-state index contributed by atoms with van der Waals surface area (Å²) in [6, 6.07) is 15.2. The van der Waals surface area contributed by atoms with Crippen LogP contribution in [0.25, 0.3) is 11.3 Å². The van der Waals surface area contributed by atoms with Crippen LogP contribution < -0.4 is 4.31 Å². The molecule has 1 unspecified atom stereocenters. The molecule has 8 heteroatoms. The van der Waals surface area contributed by atoms with Crippen LogP contribution in [0.3, 0.4) is 0 Å². The Hall–Kier alpha value is -3.57. The molecule has 3 aromatic rings. The van der Waals surface area contributed by atoms with Gasteiger partial charge in [0.05, 0.1) is 23.7 Å². The van der Waals surface area contributed by atoms with Crippen molar-refractivity contribution in [2.45, 2.75) is 45.7 Å². The Labute approximate surface area is 213 Å². The fourth-order valence-electron chi connectivity index (χ4n) is 4.55. The average Bonchev–Trinajstić information content (AvgIpc) is 3.30. The van der Waals surface area contributed by atoms with Crippen molar-refractivity contribution in [1.82, 2.24) is 14.7 Å². The van der Waals surface area contributed by atoms with Gasteiger partial charge >= 0.3 is 0 Å². The first-order valence-corrected chi connectivity index (χ1v) is 14.0. The van der Waals surface area contributed by atoms with Crippen molar-refractivity contribution in [2.24, 2.45) is 0 Å². The van der Waals surface area contributed by atoms with E-state index in [0.717, 1.165) is 36.0 Å². The molecule has 1 aliphatic rings. The van der Waals surface area contributed by atoms with Crippen LogP contribution in [0.1, 0.15) is 59.4 Å². The zero-order valence-corrected chi connectivity index (χ0v) is 22.0. The van der Waals surface area contributed by atoms with Crippen molar-refractivity contribution in [3.63, 3.8) is 0 Å². The number of rotatable bonds is 8. The van der Waals surface area contributed by atoms with Gasteiger partial charge < -0.3 is 4.90 Å². The lowest BCUT2D eigenvalue weighted by atomic mass is 10.0. The number of hydrogen-bond donors (Lipinski definition) is 0. The predicted molar refractivity (Wildman–Crippen MR) is 143 cm³/mol. The quantitative estimate of drug-likeness (QED) is 0.420. The number of amides is 1. The third-order valence-corrected chi connectivity index (χ3v) is 7.86. The average molecular weight is 505 g/mol. The molecule has 0 radical (unpaired) electrons. The number of fused-ring (bicyclic) bond motifs is 1. The van der Waals surface area contributed by atoms with Gasteiger partial charge in [0.25, 0.3) is 5.91 Å². The molecule has 1 amide bonds. The molecule has 0 aliphatic carbocycles. The summed E-state index contributed by atoms with van der Waals surface area (Å²) < 4.78 is 27.8. The van der Waals surface area contributed by atoms with Gasteiger partial charge in [-0.15, -0.1) is 6.42 Å². The third-order valence-electron chi connectivity index (χ3n) is 6.67. The van der Waals surface area contributed by atoms with Crippen molar-refractivity contribution in [2.75, 3.05) is 24.2 Å². The zero-order chi connectivity index (χ0) is 26.0. The second kappa shape index (κ2) is 10.2. The maximum absolute atomic E-state index is 13.6. The van der Waals surface area contributed by atoms with Gasteiger partial charge in [0.1, 0.15) is 5.69 Å². The number of unbranched alkanes of at least 4 members (excludes halogenated alkanes) is 1. The molecular weight excluding hydrogens is 472 g/mol. The molecule has 0 N–H and O–H groups in total. The molecule has 7 nitrogen and oxygen atoms in total. The van der Waals surface area contributed by atoms with Gasteiger partial charge in [0.2, 0.25) is 10.0 Å². The van der Waals surface area contributed by atoms with Crippen LogP contribution in [-0.4, -0.2) is 48.9 Å². The second-order valence-corrected chi connectivity index (χ2v) is 11.4. The van der Waals surface area contributed by atoms with Crippen LogP contribution in [0.4, 0.5) is 5.69 Å². The van der Waals surface area contributed by atoms with Gasteiger partial charge in [-0.1, -0.05) is 50.0 Å². The fraction of sp³-hybridized carbons (Fsp3) is 0.357. The molecule has 0 saturated carbocycles. The van der Waals surface area contributed by atoms with E-state index < -0.39 is 10.0 Å². The molecule has 0 spiro atoms. The van der Waals surface area contributed by atoms with Gasteiger partial charge in [-0.3, -0.25) is 13.8 Å². The number of carbonyl (C=O) groups is 1. The molecule has 1 aromatic heterocycles. The van der Waals surface area contributed by atoms with E-state index in [1.54, 1.807) is 6.07 Å². The lowest BCUT2D eigenvalue weighted by molar-refractivity contribution is 0.0635. The first kappa shape index (κ1) is 25.5. The van der Waals surface area contributed by atoms with Gasteiger partial charge in [0, 0.05) is 31.3 Å². The summed E-state index contributed by atoms with van der Waals surface area (Å²) in [6.07, 6.45) is 9.61. The van der Waals surface area contributed by atoms with E-state index >= 15 is 0 Å². The summed E-state index contributed by atoms with van der Waals surface area (Å²) in [5.41, 5.74) is 5.08. The maximum atomic E-state index is 13.6. The zero-order valence-electron chi connectivity index (χ0n) is 21.2. The number of aromatic nitrogens is 2. The Morgan fingerprint density at radius 2 is 1.89 bits per heavy atom. The molecule has 1 atom stereocenters. The van der Waals surface area contributed by atoms with Crippen LogP contribution in [0.2, 0.25) is 0 Å². The lowest BCUT2D eigenvalue weighted by Crippen LogP contribution is -2.42. The molecule has 2 aromatic carbocycles. The van der Waals surface area contributed by atoms with Gasteiger partial charge in [-0.05, 0) is 48.7 Å². The minimum absolute atomic E-state index is 0.0397. The minimum Gasteiger partial charge on any atom is -0.331 e. The van der Waals surface area contributed by atoms with Crippen LogP contribution >= 0.6 is 0 Å². The lowest BCUT2D eigenvalue weighted by Gasteiger charge is -2.33. The van der Waals surface area contributed by atoms with Crippen molar-refractivity contribution < 1.29 is 13.2 Å². The molecule has 1 aliphatic heterocycles. The standard InChI is InChI=1S/C28H32N4O3S/c1-6-8-9-23-19-31(18-22-13-11-21(7-2)12-14-22)28(33)27-17-25(29-32(23)27)24-15-10-20(3)16-26(24)30(4)36(5,34)35/h2,10-17,23H,6,8-9,18-19H2,1,3-5H3. The SMILES string of the molecule is C#Cc1ccc(CN2CC(CCCC)n3nc(-c4ccc(C)cc4N(C)S(C)(=O)=O)cc3C2=O)cc1. The van der Waals surface area contributed by atoms with Crippen molar-refractivity contribution in [3.05, 3.63) is 70.9 Å². The second-order valence-electron chi connectivity index (χ2n) is 9.43. The summed E-state index contributed by atoms with van der Waals surface area (Å²) in [5, 5.41) is 4.85. The van der Waals surface area contributed by atoms with Crippen LogP contribution in [0.15, 0.2) is 48.5 Å². The number of hydrogen-bond acceptors (Lipinski definition) is 4. The largest absolute Gasteiger partial charge is 0.331 e. The summed E-state index contributed by atoms with van der Waals surface area (Å²) >= 11 is 0. The summed E-state index contributed by atoms with van der Waals surface area (Å²) in [6.45, 7) is 5.11. The Morgan fingerprint density at radius 1 is 1.17 bits per heavy atom. The highest BCUT2D eigenvalue weighted by Crippen LogP contribution is 2.35. The van der Waals surface area contributed by atoms with E-state index in [4.69, 9.17) is 11.5 Å². The number of carbonyl (C=O) groups excluding carboxylic acids is 1. The van der Waals surface area contributed by atoms with E-state index in [1.165, 1.54) is 17.6 Å². The van der Waals surface area contributed by atoms with Crippen LogP contribution in [-0.2, 0) is 16.6 Å². The summed E-state index contributed by atoms with van der Waals surface area (Å²) in [4.78, 5) is 15.4. The molecule has 188 valence electrons. The molecule has 0 saturated heterocycles. The molecule has 4 rings (SSSR count). The molecule has 2 heterocycles. The fourth-order valence-corrected chi connectivity index (χ4v) is 5.06. The van der Waals surface area contributed by atoms with E-state index in [1.807, 2.05) is 59.0 Å². The van der Waals surface area contributed by atoms with Crippen molar-refractivity contribution in [3.8, 4) is 23.6 Å². The number of benzene rings is 2. The number of sulfonamides is 1. The highest BCUT2D eigenvalue weighted by molar-refractivity contribution is 7.92. The van der Waals surface area contributed by atoms with E-state index in [9.17, 15) is 13.2 Å². The highest BCUT2D eigenvalue weighted by Gasteiger charge is 2.33. The number of anilines is 1. The Bertz CT molecular complexity index is 1420. The minimum atomic E-state index is -3.48. The van der Waals surface area contributed by atoms with E-state index in [0.29, 0.717) is 35.7 Å². The van der Waals surface area contributed by atoms with Crippen LogP contribution in [0.5, 0.6) is 0 Å². The smallest absolute Gasteiger partial charge is 0.272 e. The number of nitrogens with zero attached hydrogens (tertiary/aromatic N) is 4. The number of terminal acetylenes is 1. The predicted octanol–water partition coefficient (Wildman–Crippen LogP) is 4.62. The van der Waals surface area contributed by atoms with E-state index in [2.05, 4.69) is 12.8 Å². The van der Waals surface area contributed by atoms with Gasteiger partial charge in [0.15, 0.2) is 0 Å². The number of aryl methyl sites for hydroxylation is 1. The first-order chi connectivity index (χ1) is 17.1. The Morgan fingerprint density at radius 3 is 2.53 bits per heavy atom. The third kappa shape index (κ3) is 5.17. The summed E-state index contributed by atoms with van der Waals surface area (Å²) in [5.74, 6) is 2.53. The molecule has 0 fully saturated rings. The summed E-state index contributed by atoms with van der Waals surface area (Å²) in [7, 11) is -1.94. The Balaban J connectivity index is 1.74. The Kier molecular flexibility index (Phi) is 7.23.